The minimum Gasteiger partial charge on any atom is -0.316 e. The SMILES string of the molecule is CC1=CCN(C)C1.CC1=CCN(C)CC1.CC1CCN(C)CC1.CC1CN(C)C1.CN1CCN(C)CC1.CNC1CCN(C)C1.CNC1CN(C)C1. The fourth-order valence-corrected chi connectivity index (χ4v) is 6.85. The third kappa shape index (κ3) is 25.2. The van der Waals surface area contributed by atoms with Gasteiger partial charge in [0, 0.05) is 97.2 Å². The Bertz CT molecular complexity index is 870. The largest absolute Gasteiger partial charge is 0.316 e. The van der Waals surface area contributed by atoms with Crippen molar-refractivity contribution in [3.63, 3.8) is 0 Å². The summed E-state index contributed by atoms with van der Waals surface area (Å²) in [6.07, 6.45) is 9.93. The van der Waals surface area contributed by atoms with Crippen LogP contribution in [0.3, 0.4) is 0 Å². The molecule has 0 aromatic rings. The van der Waals surface area contributed by atoms with Crippen molar-refractivity contribution in [1.82, 2.24) is 49.8 Å². The van der Waals surface area contributed by atoms with E-state index in [0.717, 1.165) is 37.0 Å². The van der Waals surface area contributed by atoms with Crippen LogP contribution in [0.2, 0.25) is 0 Å². The fourth-order valence-electron chi connectivity index (χ4n) is 6.85. The highest BCUT2D eigenvalue weighted by molar-refractivity contribution is 5.07. The molecule has 2 N–H and O–H groups in total. The summed E-state index contributed by atoms with van der Waals surface area (Å²) in [7, 11) is 21.3. The standard InChI is InChI=1S/C7H15N.C7H13N.2C6H14N2.C6H11N.C5H12N2.C5H11N/c3*1-7-3-5-8(2)6-4-7;1-7-6-3-4-8(2)5-6;1-6-3-4-7(2)5-6;1-6-5-3-7(2)4-5;1-5-3-6(2)4-5/h7H,3-6H2,1-2H3;3H,4-6H2,1-2H3;3-6H2,1-2H3;6-7H,3-5H2,1-2H3;3H,4-5H2,1-2H3;5-6H,3-4H2,1-2H3;5H,3-4H2,1-2H3. The maximum atomic E-state index is 3.25. The van der Waals surface area contributed by atoms with Gasteiger partial charge in [0.05, 0.1) is 0 Å². The summed E-state index contributed by atoms with van der Waals surface area (Å²) in [6, 6.07) is 1.52. The summed E-state index contributed by atoms with van der Waals surface area (Å²) in [5, 5.41) is 6.44. The second-order valence-corrected chi connectivity index (χ2v) is 17.5. The molecule has 0 amide bonds. The minimum atomic E-state index is 0.750. The molecule has 52 heavy (non-hydrogen) atoms. The summed E-state index contributed by atoms with van der Waals surface area (Å²) in [5.74, 6) is 1.95. The minimum absolute atomic E-state index is 0.750. The number of piperidine rings is 1. The van der Waals surface area contributed by atoms with E-state index in [2.05, 4.69) is 146 Å². The highest BCUT2D eigenvalue weighted by atomic mass is 15.2. The van der Waals surface area contributed by atoms with Crippen LogP contribution in [0, 0.1) is 11.8 Å². The second kappa shape index (κ2) is 28.5. The van der Waals surface area contributed by atoms with E-state index < -0.39 is 0 Å². The topological polar surface area (TPSA) is 50.0 Å². The van der Waals surface area contributed by atoms with Crippen LogP contribution in [0.1, 0.15) is 53.4 Å². The lowest BCUT2D eigenvalue weighted by Crippen LogP contribution is -2.54. The monoisotopic (exact) mass is 735 g/mol. The molecular formula is C42H90N10. The molecule has 5 fully saturated rings. The van der Waals surface area contributed by atoms with Crippen LogP contribution in [0.4, 0.5) is 0 Å². The maximum Gasteiger partial charge on any atom is 0.0319 e. The van der Waals surface area contributed by atoms with Gasteiger partial charge in [0.2, 0.25) is 0 Å². The van der Waals surface area contributed by atoms with Crippen molar-refractivity contribution in [2.75, 3.05) is 175 Å². The van der Waals surface area contributed by atoms with Crippen LogP contribution in [0.15, 0.2) is 23.3 Å². The molecule has 0 radical (unpaired) electrons. The third-order valence-electron chi connectivity index (χ3n) is 11.2. The molecule has 5 saturated heterocycles. The number of nitrogens with zero attached hydrogens (tertiary/aromatic N) is 8. The molecule has 1 unspecified atom stereocenters. The number of hydrogen-bond acceptors (Lipinski definition) is 10. The number of likely N-dealkylation sites (N-methyl/N-ethyl adjacent to an activating group) is 8. The Hall–Kier alpha value is -0.920. The van der Waals surface area contributed by atoms with Crippen molar-refractivity contribution in [3.05, 3.63) is 23.3 Å². The zero-order chi connectivity index (χ0) is 39.1. The van der Waals surface area contributed by atoms with Gasteiger partial charge in [-0.2, -0.15) is 0 Å². The van der Waals surface area contributed by atoms with Crippen LogP contribution >= 0.6 is 0 Å². The predicted molar refractivity (Wildman–Crippen MR) is 230 cm³/mol. The molecule has 308 valence electrons. The molecule has 0 aromatic carbocycles. The van der Waals surface area contributed by atoms with Crippen LogP contribution in [0.5, 0.6) is 0 Å². The molecule has 7 aliphatic rings. The first-order valence-electron chi connectivity index (χ1n) is 20.7. The van der Waals surface area contributed by atoms with Gasteiger partial charge in [0.25, 0.3) is 0 Å². The summed E-state index contributed by atoms with van der Waals surface area (Å²) in [6.45, 7) is 28.8. The summed E-state index contributed by atoms with van der Waals surface area (Å²) >= 11 is 0. The first-order chi connectivity index (χ1) is 24.6. The van der Waals surface area contributed by atoms with Gasteiger partial charge in [-0.25, -0.2) is 0 Å². The van der Waals surface area contributed by atoms with Crippen molar-refractivity contribution in [1.29, 1.82) is 0 Å². The van der Waals surface area contributed by atoms with Gasteiger partial charge >= 0.3 is 0 Å². The van der Waals surface area contributed by atoms with Crippen molar-refractivity contribution >= 4 is 0 Å². The summed E-state index contributed by atoms with van der Waals surface area (Å²) < 4.78 is 0. The maximum absolute atomic E-state index is 3.25. The molecule has 0 bridgehead atoms. The van der Waals surface area contributed by atoms with Crippen molar-refractivity contribution < 1.29 is 0 Å². The number of likely N-dealkylation sites (tertiary alicyclic amines) is 4. The first kappa shape index (κ1) is 49.1. The van der Waals surface area contributed by atoms with Gasteiger partial charge in [0.1, 0.15) is 0 Å². The highest BCUT2D eigenvalue weighted by Gasteiger charge is 2.20. The van der Waals surface area contributed by atoms with Gasteiger partial charge in [-0.15, -0.1) is 0 Å². The Morgan fingerprint density at radius 3 is 1.12 bits per heavy atom. The molecule has 0 aliphatic carbocycles. The number of rotatable bonds is 2. The van der Waals surface area contributed by atoms with Crippen molar-refractivity contribution in [3.8, 4) is 0 Å². The normalized spacial score (nSPS) is 26.0. The number of nitrogens with one attached hydrogen (secondary N) is 2. The Kier molecular flexibility index (Phi) is 26.9. The Morgan fingerprint density at radius 2 is 0.885 bits per heavy atom. The van der Waals surface area contributed by atoms with E-state index >= 15 is 0 Å². The van der Waals surface area contributed by atoms with E-state index in [1.165, 1.54) is 123 Å². The molecule has 1 atom stereocenters. The van der Waals surface area contributed by atoms with E-state index in [-0.39, 0.29) is 0 Å². The molecule has 7 heterocycles. The molecule has 0 saturated carbocycles. The van der Waals surface area contributed by atoms with Crippen LogP contribution < -0.4 is 10.6 Å². The smallest absolute Gasteiger partial charge is 0.0319 e. The molecule has 0 spiro atoms. The third-order valence-corrected chi connectivity index (χ3v) is 11.2. The lowest BCUT2D eigenvalue weighted by atomic mass is 10.00. The average Bonchev–Trinajstić information content (AvgIpc) is 3.70. The van der Waals surface area contributed by atoms with Crippen LogP contribution in [-0.2, 0) is 0 Å². The van der Waals surface area contributed by atoms with E-state index in [1.54, 1.807) is 5.57 Å². The van der Waals surface area contributed by atoms with E-state index in [1.807, 2.05) is 14.1 Å². The molecule has 7 aliphatic heterocycles. The van der Waals surface area contributed by atoms with Crippen LogP contribution in [-0.4, -0.2) is 226 Å². The van der Waals surface area contributed by atoms with Gasteiger partial charge in [-0.1, -0.05) is 37.1 Å². The quantitative estimate of drug-likeness (QED) is 0.414. The Morgan fingerprint density at radius 1 is 0.442 bits per heavy atom. The van der Waals surface area contributed by atoms with Gasteiger partial charge in [-0.3, -0.25) is 4.90 Å². The van der Waals surface area contributed by atoms with Gasteiger partial charge < -0.3 is 44.9 Å². The van der Waals surface area contributed by atoms with E-state index in [9.17, 15) is 0 Å². The molecular weight excluding hydrogens is 645 g/mol. The van der Waals surface area contributed by atoms with Gasteiger partial charge in [0.15, 0.2) is 0 Å². The lowest BCUT2D eigenvalue weighted by Gasteiger charge is -2.35. The van der Waals surface area contributed by atoms with E-state index in [0.29, 0.717) is 0 Å². The van der Waals surface area contributed by atoms with Crippen LogP contribution in [0.25, 0.3) is 0 Å². The molecule has 10 heteroatoms. The molecule has 7 rings (SSSR count). The van der Waals surface area contributed by atoms with E-state index in [4.69, 9.17) is 0 Å². The second-order valence-electron chi connectivity index (χ2n) is 17.5. The van der Waals surface area contributed by atoms with Gasteiger partial charge in [-0.05, 0) is 141 Å². The number of piperazine rings is 1. The summed E-state index contributed by atoms with van der Waals surface area (Å²) in [5.41, 5.74) is 3.05. The Labute approximate surface area is 324 Å². The van der Waals surface area contributed by atoms with Crippen molar-refractivity contribution in [2.24, 2.45) is 11.8 Å². The summed E-state index contributed by atoms with van der Waals surface area (Å²) in [4.78, 5) is 18.7. The number of hydrogen-bond donors (Lipinski definition) is 2. The average molecular weight is 735 g/mol. The molecule has 0 aromatic heterocycles. The fraction of sp³-hybridized carbons (Fsp3) is 0.905. The predicted octanol–water partition coefficient (Wildman–Crippen LogP) is 3.36. The zero-order valence-corrected chi connectivity index (χ0v) is 37.2. The highest BCUT2D eigenvalue weighted by Crippen LogP contribution is 2.13. The van der Waals surface area contributed by atoms with Crippen molar-refractivity contribution in [2.45, 2.75) is 65.5 Å². The molecule has 10 nitrogen and oxygen atoms in total. The lowest BCUT2D eigenvalue weighted by molar-refractivity contribution is 0.149. The Balaban J connectivity index is 0.000000304. The first-order valence-corrected chi connectivity index (χ1v) is 20.7. The zero-order valence-electron chi connectivity index (χ0n) is 37.2.